The fraction of sp³-hybridized carbons (Fsp3) is 0.276. The molecule has 3 nitrogen and oxygen atoms in total. The fourth-order valence-corrected chi connectivity index (χ4v) is 5.36. The molecule has 0 aromatic heterocycles. The molecule has 0 saturated carbocycles. The number of benzene rings is 3. The topological polar surface area (TPSA) is 23.6 Å². The number of aryl methyl sites for hydroxylation is 1. The number of halogens is 1. The normalized spacial score (nSPS) is 20.1. The second kappa shape index (κ2) is 8.49. The van der Waals surface area contributed by atoms with Crippen molar-refractivity contribution >= 4 is 33.1 Å². The highest BCUT2D eigenvalue weighted by Crippen LogP contribution is 2.48. The van der Waals surface area contributed by atoms with Crippen LogP contribution >= 0.6 is 15.9 Å². The Kier molecular flexibility index (Phi) is 5.65. The van der Waals surface area contributed by atoms with Gasteiger partial charge in [-0.2, -0.15) is 0 Å². The molecule has 0 amide bonds. The van der Waals surface area contributed by atoms with Crippen molar-refractivity contribution in [2.24, 2.45) is 5.41 Å². The summed E-state index contributed by atoms with van der Waals surface area (Å²) >= 11 is 3.59. The van der Waals surface area contributed by atoms with Crippen molar-refractivity contribution in [3.8, 4) is 0 Å². The van der Waals surface area contributed by atoms with Crippen molar-refractivity contribution in [3.05, 3.63) is 106 Å². The summed E-state index contributed by atoms with van der Waals surface area (Å²) in [5, 5.41) is 0. The van der Waals surface area contributed by atoms with Crippen molar-refractivity contribution in [2.75, 3.05) is 16.3 Å². The van der Waals surface area contributed by atoms with E-state index in [4.69, 9.17) is 0 Å². The van der Waals surface area contributed by atoms with Crippen LogP contribution in [0.5, 0.6) is 0 Å². The number of anilines is 2. The predicted molar refractivity (Wildman–Crippen MR) is 139 cm³/mol. The SMILES string of the molecule is Cc1ccc(N2CC3=C(CC(C)(C)CC3=O)N(c3ccccc3)C2c2ccc(Br)cc2)cc1. The smallest absolute Gasteiger partial charge is 0.162 e. The van der Waals surface area contributed by atoms with Gasteiger partial charge in [0.25, 0.3) is 0 Å². The molecule has 0 spiro atoms. The number of allylic oxidation sites excluding steroid dienone is 1. The van der Waals surface area contributed by atoms with Crippen LogP contribution in [0.15, 0.2) is 94.6 Å². The van der Waals surface area contributed by atoms with Gasteiger partial charge in [-0.1, -0.05) is 77.8 Å². The van der Waals surface area contributed by atoms with Gasteiger partial charge >= 0.3 is 0 Å². The Labute approximate surface area is 204 Å². The number of Topliss-reactive ketones (excluding diaryl/α,β-unsaturated/α-hetero) is 1. The average Bonchev–Trinajstić information content (AvgIpc) is 2.79. The third-order valence-electron chi connectivity index (χ3n) is 6.70. The van der Waals surface area contributed by atoms with E-state index in [1.807, 2.05) is 6.07 Å². The molecule has 168 valence electrons. The molecule has 1 unspecified atom stereocenters. The van der Waals surface area contributed by atoms with Crippen molar-refractivity contribution in [1.82, 2.24) is 0 Å². The summed E-state index contributed by atoms with van der Waals surface area (Å²) in [5.41, 5.74) is 6.72. The number of hydrogen-bond acceptors (Lipinski definition) is 3. The molecule has 1 aliphatic heterocycles. The van der Waals surface area contributed by atoms with E-state index in [1.54, 1.807) is 0 Å². The van der Waals surface area contributed by atoms with Gasteiger partial charge in [0.15, 0.2) is 5.78 Å². The van der Waals surface area contributed by atoms with Gasteiger partial charge in [0.05, 0.1) is 6.54 Å². The Balaban J connectivity index is 1.75. The van der Waals surface area contributed by atoms with Gasteiger partial charge in [0, 0.05) is 33.5 Å². The highest BCUT2D eigenvalue weighted by atomic mass is 79.9. The standard InChI is InChI=1S/C29H29BrN2O/c1-20-9-15-23(16-10-20)31-19-25-26(17-29(2,3)18-27(25)33)32(24-7-5-4-6-8-24)28(31)21-11-13-22(30)14-12-21/h4-16,28H,17-19H2,1-3H3. The monoisotopic (exact) mass is 500 g/mol. The van der Waals surface area contributed by atoms with Gasteiger partial charge in [-0.25, -0.2) is 0 Å². The number of hydrogen-bond donors (Lipinski definition) is 0. The predicted octanol–water partition coefficient (Wildman–Crippen LogP) is 7.43. The maximum atomic E-state index is 13.4. The van der Waals surface area contributed by atoms with Crippen molar-refractivity contribution in [1.29, 1.82) is 0 Å². The second-order valence-corrected chi connectivity index (χ2v) is 10.9. The van der Waals surface area contributed by atoms with E-state index in [1.165, 1.54) is 16.8 Å². The first-order chi connectivity index (χ1) is 15.8. The molecule has 0 radical (unpaired) electrons. The van der Waals surface area contributed by atoms with Crippen LogP contribution in [0.4, 0.5) is 11.4 Å². The first-order valence-corrected chi connectivity index (χ1v) is 12.3. The summed E-state index contributed by atoms with van der Waals surface area (Å²) < 4.78 is 1.06. The molecule has 4 heteroatoms. The summed E-state index contributed by atoms with van der Waals surface area (Å²) in [6.07, 6.45) is 1.43. The third kappa shape index (κ3) is 4.24. The molecule has 2 aliphatic rings. The number of para-hydroxylation sites is 1. The number of nitrogens with zero attached hydrogens (tertiary/aromatic N) is 2. The van der Waals surface area contributed by atoms with Crippen molar-refractivity contribution in [2.45, 2.75) is 39.8 Å². The first kappa shape index (κ1) is 22.0. The molecule has 1 heterocycles. The molecule has 3 aromatic carbocycles. The summed E-state index contributed by atoms with van der Waals surface area (Å²) in [6.45, 7) is 7.14. The van der Waals surface area contributed by atoms with Crippen LogP contribution in [0, 0.1) is 12.3 Å². The van der Waals surface area contributed by atoms with E-state index in [2.05, 4.69) is 119 Å². The fourth-order valence-electron chi connectivity index (χ4n) is 5.10. The molecule has 1 atom stereocenters. The summed E-state index contributed by atoms with van der Waals surface area (Å²) in [4.78, 5) is 18.2. The molecule has 0 saturated heterocycles. The van der Waals surface area contributed by atoms with Gasteiger partial charge in [-0.05, 0) is 60.7 Å². The highest BCUT2D eigenvalue weighted by molar-refractivity contribution is 9.10. The zero-order valence-corrected chi connectivity index (χ0v) is 21.0. The lowest BCUT2D eigenvalue weighted by molar-refractivity contribution is -0.118. The second-order valence-electron chi connectivity index (χ2n) is 9.96. The molecule has 0 N–H and O–H groups in total. The molecule has 3 aromatic rings. The van der Waals surface area contributed by atoms with Crippen LogP contribution in [-0.4, -0.2) is 12.3 Å². The number of rotatable bonds is 3. The minimum absolute atomic E-state index is 0.0522. The summed E-state index contributed by atoms with van der Waals surface area (Å²) in [7, 11) is 0. The van der Waals surface area contributed by atoms with Crippen LogP contribution in [0.1, 0.15) is 44.0 Å². The maximum Gasteiger partial charge on any atom is 0.162 e. The van der Waals surface area contributed by atoms with Gasteiger partial charge in [-0.3, -0.25) is 4.79 Å². The summed E-state index contributed by atoms with van der Waals surface area (Å²) in [6, 6.07) is 27.7. The molecule has 33 heavy (non-hydrogen) atoms. The molecule has 0 bridgehead atoms. The zero-order valence-electron chi connectivity index (χ0n) is 19.4. The van der Waals surface area contributed by atoms with Gasteiger partial charge in [0.1, 0.15) is 6.17 Å². The zero-order chi connectivity index (χ0) is 23.2. The lowest BCUT2D eigenvalue weighted by Gasteiger charge is -2.51. The van der Waals surface area contributed by atoms with Crippen LogP contribution in [0.2, 0.25) is 0 Å². The Bertz CT molecular complexity index is 1200. The first-order valence-electron chi connectivity index (χ1n) is 11.5. The largest absolute Gasteiger partial charge is 0.342 e. The van der Waals surface area contributed by atoms with Crippen molar-refractivity contribution in [3.63, 3.8) is 0 Å². The van der Waals surface area contributed by atoms with Gasteiger partial charge in [-0.15, -0.1) is 0 Å². The van der Waals surface area contributed by atoms with Crippen LogP contribution < -0.4 is 9.80 Å². The van der Waals surface area contributed by atoms with Crippen LogP contribution in [-0.2, 0) is 4.79 Å². The molecular formula is C29H29BrN2O. The quantitative estimate of drug-likeness (QED) is 0.373. The number of carbonyl (C=O) groups is 1. The summed E-state index contributed by atoms with van der Waals surface area (Å²) in [5.74, 6) is 0.272. The molecule has 1 aliphatic carbocycles. The van der Waals surface area contributed by atoms with E-state index in [0.717, 1.165) is 27.8 Å². The van der Waals surface area contributed by atoms with Gasteiger partial charge < -0.3 is 9.80 Å². The number of ketones is 1. The number of carbonyl (C=O) groups excluding carboxylic acids is 1. The highest BCUT2D eigenvalue weighted by Gasteiger charge is 2.43. The lowest BCUT2D eigenvalue weighted by Crippen LogP contribution is -2.51. The molecule has 5 rings (SSSR count). The van der Waals surface area contributed by atoms with Gasteiger partial charge in [0.2, 0.25) is 0 Å². The maximum absolute atomic E-state index is 13.4. The molecule has 0 fully saturated rings. The Morgan fingerprint density at radius 1 is 0.848 bits per heavy atom. The third-order valence-corrected chi connectivity index (χ3v) is 7.23. The van der Waals surface area contributed by atoms with Crippen LogP contribution in [0.25, 0.3) is 0 Å². The minimum atomic E-state index is -0.0563. The van der Waals surface area contributed by atoms with E-state index in [0.29, 0.717) is 13.0 Å². The average molecular weight is 501 g/mol. The van der Waals surface area contributed by atoms with E-state index in [-0.39, 0.29) is 17.4 Å². The Morgan fingerprint density at radius 3 is 2.18 bits per heavy atom. The van der Waals surface area contributed by atoms with Crippen molar-refractivity contribution < 1.29 is 4.79 Å². The van der Waals surface area contributed by atoms with E-state index >= 15 is 0 Å². The van der Waals surface area contributed by atoms with Crippen LogP contribution in [0.3, 0.4) is 0 Å². The molecular weight excluding hydrogens is 472 g/mol. The van der Waals surface area contributed by atoms with E-state index < -0.39 is 0 Å². The minimum Gasteiger partial charge on any atom is -0.342 e. The lowest BCUT2D eigenvalue weighted by atomic mass is 9.74. The Hall–Kier alpha value is -2.85. The van der Waals surface area contributed by atoms with E-state index in [9.17, 15) is 4.79 Å². The Morgan fingerprint density at radius 2 is 1.52 bits per heavy atom.